The number of pyridine rings is 1. The quantitative estimate of drug-likeness (QED) is 0.883. The summed E-state index contributed by atoms with van der Waals surface area (Å²) < 4.78 is 0. The van der Waals surface area contributed by atoms with E-state index in [4.69, 9.17) is 0 Å². The Morgan fingerprint density at radius 2 is 2.11 bits per heavy atom. The molecule has 0 unspecified atom stereocenters. The average molecular weight is 263 g/mol. The van der Waals surface area contributed by atoms with Gasteiger partial charge in [-0.2, -0.15) is 0 Å². The maximum atomic E-state index is 12.0. The summed E-state index contributed by atoms with van der Waals surface area (Å²) in [6.07, 6.45) is 1.71. The Morgan fingerprint density at radius 3 is 2.72 bits per heavy atom. The number of rotatable bonds is 3. The van der Waals surface area contributed by atoms with E-state index in [-0.39, 0.29) is 5.91 Å². The van der Waals surface area contributed by atoms with Crippen molar-refractivity contribution in [3.05, 3.63) is 28.5 Å². The first-order chi connectivity index (χ1) is 8.61. The fourth-order valence-electron chi connectivity index (χ4n) is 1.47. The Bertz CT molecular complexity index is 560. The summed E-state index contributed by atoms with van der Waals surface area (Å²) in [5.41, 5.74) is 2.47. The van der Waals surface area contributed by atoms with E-state index in [9.17, 15) is 4.79 Å². The molecule has 0 atom stereocenters. The lowest BCUT2D eigenvalue weighted by Crippen LogP contribution is -2.14. The van der Waals surface area contributed by atoms with Crippen LogP contribution in [-0.4, -0.2) is 28.1 Å². The van der Waals surface area contributed by atoms with Crippen molar-refractivity contribution in [2.24, 2.45) is 0 Å². The first-order valence-corrected chi connectivity index (χ1v) is 6.18. The van der Waals surface area contributed by atoms with Crippen LogP contribution in [0.15, 0.2) is 12.3 Å². The number of hydrogen-bond donors (Lipinski definition) is 2. The van der Waals surface area contributed by atoms with Crippen molar-refractivity contribution in [1.82, 2.24) is 15.2 Å². The highest BCUT2D eigenvalue weighted by molar-refractivity contribution is 7.17. The van der Waals surface area contributed by atoms with Crippen molar-refractivity contribution in [3.63, 3.8) is 0 Å². The zero-order valence-electron chi connectivity index (χ0n) is 10.3. The van der Waals surface area contributed by atoms with Crippen LogP contribution < -0.4 is 10.6 Å². The normalized spacial score (nSPS) is 10.2. The Labute approximate surface area is 108 Å². The van der Waals surface area contributed by atoms with Crippen LogP contribution in [0.25, 0.3) is 0 Å². The van der Waals surface area contributed by atoms with Gasteiger partial charge in [0.1, 0.15) is 0 Å². The first kappa shape index (κ1) is 12.4. The van der Waals surface area contributed by atoms with Gasteiger partial charge in [-0.1, -0.05) is 11.3 Å². The predicted octanol–water partition coefficient (Wildman–Crippen LogP) is 1.84. The van der Waals surface area contributed by atoms with Crippen LogP contribution in [0.3, 0.4) is 0 Å². The summed E-state index contributed by atoms with van der Waals surface area (Å²) in [6.45, 7) is 3.77. The van der Waals surface area contributed by atoms with E-state index in [1.165, 1.54) is 11.3 Å². The molecular weight excluding hydrogens is 250 g/mol. The van der Waals surface area contributed by atoms with E-state index in [0.29, 0.717) is 10.1 Å². The van der Waals surface area contributed by atoms with E-state index in [2.05, 4.69) is 25.8 Å². The summed E-state index contributed by atoms with van der Waals surface area (Å²) in [5.74, 6) is -0.270. The molecule has 0 fully saturated rings. The molecule has 6 nitrogen and oxygen atoms in total. The minimum Gasteiger partial charge on any atom is -0.363 e. The van der Waals surface area contributed by atoms with Crippen molar-refractivity contribution in [2.45, 2.75) is 13.8 Å². The number of aromatic nitrogens is 3. The maximum absolute atomic E-state index is 12.0. The van der Waals surface area contributed by atoms with Gasteiger partial charge in [0.2, 0.25) is 10.1 Å². The Morgan fingerprint density at radius 1 is 1.33 bits per heavy atom. The second kappa shape index (κ2) is 5.09. The topological polar surface area (TPSA) is 79.8 Å². The summed E-state index contributed by atoms with van der Waals surface area (Å²) in [5, 5.41) is 14.2. The van der Waals surface area contributed by atoms with Gasteiger partial charge in [-0.05, 0) is 25.5 Å². The van der Waals surface area contributed by atoms with Gasteiger partial charge in [-0.3, -0.25) is 9.78 Å². The van der Waals surface area contributed by atoms with Crippen molar-refractivity contribution in [3.8, 4) is 0 Å². The van der Waals surface area contributed by atoms with Gasteiger partial charge in [0.05, 0.1) is 11.4 Å². The zero-order chi connectivity index (χ0) is 13.1. The van der Waals surface area contributed by atoms with E-state index in [1.807, 2.05) is 19.9 Å². The minimum absolute atomic E-state index is 0.270. The van der Waals surface area contributed by atoms with Crippen LogP contribution in [0.2, 0.25) is 0 Å². The van der Waals surface area contributed by atoms with Gasteiger partial charge in [-0.15, -0.1) is 10.2 Å². The van der Waals surface area contributed by atoms with Crippen LogP contribution >= 0.6 is 11.3 Å². The number of amides is 1. The molecule has 0 aliphatic heterocycles. The maximum Gasteiger partial charge on any atom is 0.286 e. The number of carbonyl (C=O) groups is 1. The molecule has 2 heterocycles. The standard InChI is InChI=1S/C11H13N5OS/c1-6-4-5-13-7(2)8(6)14-9(17)10-15-16-11(12-3)18-10/h4-5H,1-3H3,(H,12,16)(H,14,17). The van der Waals surface area contributed by atoms with Gasteiger partial charge in [0.25, 0.3) is 5.91 Å². The molecule has 0 radical (unpaired) electrons. The van der Waals surface area contributed by atoms with Crippen LogP contribution in [0.1, 0.15) is 21.1 Å². The van der Waals surface area contributed by atoms with Crippen LogP contribution in [-0.2, 0) is 0 Å². The molecule has 94 valence electrons. The Balaban J connectivity index is 2.21. The lowest BCUT2D eigenvalue weighted by atomic mass is 10.2. The second-order valence-electron chi connectivity index (χ2n) is 3.70. The monoisotopic (exact) mass is 263 g/mol. The number of carbonyl (C=O) groups excluding carboxylic acids is 1. The molecule has 1 amide bonds. The first-order valence-electron chi connectivity index (χ1n) is 5.36. The Hall–Kier alpha value is -2.02. The second-order valence-corrected chi connectivity index (χ2v) is 4.68. The van der Waals surface area contributed by atoms with E-state index >= 15 is 0 Å². The summed E-state index contributed by atoms with van der Waals surface area (Å²) in [4.78, 5) is 16.1. The molecule has 2 aromatic heterocycles. The average Bonchev–Trinajstić information content (AvgIpc) is 2.82. The highest BCUT2D eigenvalue weighted by Gasteiger charge is 2.14. The largest absolute Gasteiger partial charge is 0.363 e. The van der Waals surface area contributed by atoms with Crippen molar-refractivity contribution >= 4 is 28.1 Å². The van der Waals surface area contributed by atoms with Crippen molar-refractivity contribution < 1.29 is 4.79 Å². The molecule has 0 saturated heterocycles. The summed E-state index contributed by atoms with van der Waals surface area (Å²) >= 11 is 1.21. The number of hydrogen-bond acceptors (Lipinski definition) is 6. The van der Waals surface area contributed by atoms with Crippen LogP contribution in [0, 0.1) is 13.8 Å². The number of nitrogens with one attached hydrogen (secondary N) is 2. The smallest absolute Gasteiger partial charge is 0.286 e. The molecule has 0 aliphatic rings. The van der Waals surface area contributed by atoms with Gasteiger partial charge in [0.15, 0.2) is 0 Å². The highest BCUT2D eigenvalue weighted by Crippen LogP contribution is 2.20. The molecule has 0 aliphatic carbocycles. The molecule has 0 spiro atoms. The van der Waals surface area contributed by atoms with Gasteiger partial charge >= 0.3 is 0 Å². The molecule has 7 heteroatoms. The lowest BCUT2D eigenvalue weighted by Gasteiger charge is -2.08. The number of aryl methyl sites for hydroxylation is 2. The number of nitrogens with zero attached hydrogens (tertiary/aromatic N) is 3. The third-order valence-electron chi connectivity index (χ3n) is 2.42. The molecule has 2 rings (SSSR count). The Kier molecular flexibility index (Phi) is 3.52. The summed E-state index contributed by atoms with van der Waals surface area (Å²) in [6, 6.07) is 1.85. The molecule has 0 aromatic carbocycles. The van der Waals surface area contributed by atoms with Gasteiger partial charge in [0, 0.05) is 13.2 Å². The van der Waals surface area contributed by atoms with Crippen molar-refractivity contribution in [1.29, 1.82) is 0 Å². The molecule has 0 saturated carbocycles. The zero-order valence-corrected chi connectivity index (χ0v) is 11.1. The van der Waals surface area contributed by atoms with Crippen LogP contribution in [0.5, 0.6) is 0 Å². The predicted molar refractivity (Wildman–Crippen MR) is 71.1 cm³/mol. The lowest BCUT2D eigenvalue weighted by molar-refractivity contribution is 0.102. The van der Waals surface area contributed by atoms with E-state index in [0.717, 1.165) is 16.9 Å². The van der Waals surface area contributed by atoms with E-state index in [1.54, 1.807) is 13.2 Å². The molecule has 18 heavy (non-hydrogen) atoms. The van der Waals surface area contributed by atoms with Crippen molar-refractivity contribution in [2.75, 3.05) is 17.7 Å². The molecule has 2 aromatic rings. The molecule has 2 N–H and O–H groups in total. The van der Waals surface area contributed by atoms with Gasteiger partial charge in [-0.25, -0.2) is 0 Å². The molecule has 0 bridgehead atoms. The number of anilines is 2. The van der Waals surface area contributed by atoms with Crippen LogP contribution in [0.4, 0.5) is 10.8 Å². The third kappa shape index (κ3) is 2.45. The minimum atomic E-state index is -0.270. The highest BCUT2D eigenvalue weighted by atomic mass is 32.1. The molecular formula is C11H13N5OS. The summed E-state index contributed by atoms with van der Waals surface area (Å²) in [7, 11) is 1.73. The fraction of sp³-hybridized carbons (Fsp3) is 0.273. The van der Waals surface area contributed by atoms with Gasteiger partial charge < -0.3 is 10.6 Å². The SMILES string of the molecule is CNc1nnc(C(=O)Nc2c(C)ccnc2C)s1. The third-order valence-corrected chi connectivity index (χ3v) is 3.36. The van der Waals surface area contributed by atoms with E-state index < -0.39 is 0 Å². The fourth-order valence-corrected chi connectivity index (χ4v) is 2.06.